The van der Waals surface area contributed by atoms with Gasteiger partial charge in [-0.05, 0) is 47.9 Å². The Balaban J connectivity index is 1.53. The maximum atomic E-state index is 12.7. The van der Waals surface area contributed by atoms with Crippen molar-refractivity contribution in [3.8, 4) is 5.75 Å². The fraction of sp³-hybridized carbons (Fsp3) is 0.238. The second-order valence-electron chi connectivity index (χ2n) is 7.12. The molecule has 0 spiro atoms. The van der Waals surface area contributed by atoms with Gasteiger partial charge in [0.2, 0.25) is 0 Å². The predicted molar refractivity (Wildman–Crippen MR) is 109 cm³/mol. The lowest BCUT2D eigenvalue weighted by molar-refractivity contribution is -0.119. The summed E-state index contributed by atoms with van der Waals surface area (Å²) in [4.78, 5) is 26.9. The fourth-order valence-corrected chi connectivity index (χ4v) is 3.84. The molecule has 8 heteroatoms. The minimum atomic E-state index is -0.739. The van der Waals surface area contributed by atoms with E-state index >= 15 is 0 Å². The van der Waals surface area contributed by atoms with Crippen LogP contribution in [0.1, 0.15) is 21.6 Å². The minimum absolute atomic E-state index is 0.229. The van der Waals surface area contributed by atoms with Crippen molar-refractivity contribution in [3.63, 3.8) is 0 Å². The molecule has 29 heavy (non-hydrogen) atoms. The van der Waals surface area contributed by atoms with E-state index in [2.05, 4.69) is 10.3 Å². The average molecular weight is 414 g/mol. The fourth-order valence-electron chi connectivity index (χ4n) is 3.66. The number of aliphatic hydroxyl groups is 1. The Labute approximate surface area is 171 Å². The number of nitrogens with two attached hydrogens (primary N) is 1. The van der Waals surface area contributed by atoms with Crippen LogP contribution in [0.25, 0.3) is 10.9 Å². The summed E-state index contributed by atoms with van der Waals surface area (Å²) in [6, 6.07) is 12.0. The van der Waals surface area contributed by atoms with E-state index in [1.165, 1.54) is 0 Å². The smallest absolute Gasteiger partial charge is 0.268 e. The summed E-state index contributed by atoms with van der Waals surface area (Å²) < 4.78 is 5.50. The van der Waals surface area contributed by atoms with Gasteiger partial charge in [0.1, 0.15) is 11.4 Å². The molecule has 7 nitrogen and oxygen atoms in total. The number of primary amides is 1. The zero-order chi connectivity index (χ0) is 20.5. The zero-order valence-electron chi connectivity index (χ0n) is 15.4. The van der Waals surface area contributed by atoms with Gasteiger partial charge in [-0.1, -0.05) is 23.7 Å². The number of aromatic nitrogens is 1. The minimum Gasteiger partial charge on any atom is -0.483 e. The molecule has 2 amide bonds. The van der Waals surface area contributed by atoms with Crippen molar-refractivity contribution >= 4 is 34.3 Å². The summed E-state index contributed by atoms with van der Waals surface area (Å²) in [5, 5.41) is 14.9. The Morgan fingerprint density at radius 3 is 2.86 bits per heavy atom. The molecule has 0 fully saturated rings. The lowest BCUT2D eigenvalue weighted by Gasteiger charge is -2.31. The van der Waals surface area contributed by atoms with Crippen LogP contribution in [0.3, 0.4) is 0 Å². The number of fused-ring (bicyclic) bond motifs is 2. The lowest BCUT2D eigenvalue weighted by atomic mass is 9.85. The normalized spacial score (nSPS) is 18.3. The Hall–Kier alpha value is -3.03. The Bertz CT molecular complexity index is 1090. The number of H-pyrrole nitrogens is 1. The Kier molecular flexibility index (Phi) is 5.17. The van der Waals surface area contributed by atoms with Gasteiger partial charge in [-0.25, -0.2) is 0 Å². The van der Waals surface area contributed by atoms with Gasteiger partial charge in [-0.3, -0.25) is 9.59 Å². The third-order valence-corrected chi connectivity index (χ3v) is 5.30. The quantitative estimate of drug-likeness (QED) is 0.511. The van der Waals surface area contributed by atoms with Crippen LogP contribution in [0.4, 0.5) is 0 Å². The third-order valence-electron chi connectivity index (χ3n) is 5.06. The van der Waals surface area contributed by atoms with E-state index in [0.717, 1.165) is 22.0 Å². The second-order valence-corrected chi connectivity index (χ2v) is 7.56. The molecule has 0 saturated carbocycles. The molecule has 1 aliphatic rings. The number of aromatic amines is 1. The monoisotopic (exact) mass is 413 g/mol. The number of carbonyl (C=O) groups excluding carboxylic acids is 2. The number of hydrogen-bond acceptors (Lipinski definition) is 4. The zero-order valence-corrected chi connectivity index (χ0v) is 16.2. The molecule has 1 aromatic heterocycles. The number of amides is 2. The van der Waals surface area contributed by atoms with Crippen molar-refractivity contribution in [2.24, 2.45) is 5.73 Å². The molecule has 0 bridgehead atoms. The first kappa shape index (κ1) is 19.3. The highest BCUT2D eigenvalue weighted by Gasteiger charge is 2.30. The SMILES string of the molecule is NC(=O)COc1cccc2c1C[C@@H](NC(=O)c1cc3cc(Cl)ccc3[nH]1)[C@H](O)C2. The third kappa shape index (κ3) is 4.06. The lowest BCUT2D eigenvalue weighted by Crippen LogP contribution is -2.48. The summed E-state index contributed by atoms with van der Waals surface area (Å²) in [7, 11) is 0. The number of nitrogens with one attached hydrogen (secondary N) is 2. The highest BCUT2D eigenvalue weighted by atomic mass is 35.5. The van der Waals surface area contributed by atoms with E-state index in [-0.39, 0.29) is 12.5 Å². The molecular formula is C21H20ClN3O4. The summed E-state index contributed by atoms with van der Waals surface area (Å²) in [5.41, 5.74) is 8.13. The maximum Gasteiger partial charge on any atom is 0.268 e. The van der Waals surface area contributed by atoms with E-state index in [4.69, 9.17) is 22.1 Å². The van der Waals surface area contributed by atoms with Gasteiger partial charge < -0.3 is 25.9 Å². The van der Waals surface area contributed by atoms with Crippen LogP contribution in [0.5, 0.6) is 5.75 Å². The van der Waals surface area contributed by atoms with E-state index in [1.54, 1.807) is 30.3 Å². The number of halogens is 1. The largest absolute Gasteiger partial charge is 0.483 e. The van der Waals surface area contributed by atoms with Gasteiger partial charge in [0.15, 0.2) is 6.61 Å². The van der Waals surface area contributed by atoms with Crippen LogP contribution in [0.15, 0.2) is 42.5 Å². The molecule has 2 aromatic carbocycles. The van der Waals surface area contributed by atoms with E-state index in [1.807, 2.05) is 12.1 Å². The molecule has 5 N–H and O–H groups in total. The number of carbonyl (C=O) groups is 2. The van der Waals surface area contributed by atoms with Crippen molar-refractivity contribution in [1.29, 1.82) is 0 Å². The molecule has 0 aliphatic heterocycles. The summed E-state index contributed by atoms with van der Waals surface area (Å²) in [6.07, 6.45) is 0.0104. The second kappa shape index (κ2) is 7.77. The van der Waals surface area contributed by atoms with E-state index < -0.39 is 18.1 Å². The molecule has 4 rings (SSSR count). The first-order valence-corrected chi connectivity index (χ1v) is 9.57. The molecule has 2 atom stereocenters. The summed E-state index contributed by atoms with van der Waals surface area (Å²) in [5.74, 6) is -0.352. The molecule has 0 radical (unpaired) electrons. The van der Waals surface area contributed by atoms with Crippen LogP contribution in [0, 0.1) is 0 Å². The Morgan fingerprint density at radius 1 is 1.24 bits per heavy atom. The molecule has 1 heterocycles. The van der Waals surface area contributed by atoms with Gasteiger partial charge in [0, 0.05) is 22.3 Å². The van der Waals surface area contributed by atoms with E-state index in [9.17, 15) is 14.7 Å². The van der Waals surface area contributed by atoms with Gasteiger partial charge >= 0.3 is 0 Å². The topological polar surface area (TPSA) is 117 Å². The van der Waals surface area contributed by atoms with Crippen LogP contribution < -0.4 is 15.8 Å². The average Bonchev–Trinajstić information content (AvgIpc) is 3.10. The highest BCUT2D eigenvalue weighted by molar-refractivity contribution is 6.31. The molecule has 1 aliphatic carbocycles. The number of hydrogen-bond donors (Lipinski definition) is 4. The first-order chi connectivity index (χ1) is 13.9. The van der Waals surface area contributed by atoms with Gasteiger partial charge in [-0.15, -0.1) is 0 Å². The molecule has 0 saturated heterocycles. The van der Waals surface area contributed by atoms with Crippen LogP contribution in [0.2, 0.25) is 5.02 Å². The number of ether oxygens (including phenoxy) is 1. The van der Waals surface area contributed by atoms with Gasteiger partial charge in [0.05, 0.1) is 12.1 Å². The van der Waals surface area contributed by atoms with Crippen molar-refractivity contribution in [1.82, 2.24) is 10.3 Å². The Morgan fingerprint density at radius 2 is 2.07 bits per heavy atom. The predicted octanol–water partition coefficient (Wildman–Crippen LogP) is 1.94. The molecule has 3 aromatic rings. The standard InChI is InChI=1S/C21H20ClN3O4/c22-13-4-5-15-12(6-13)7-17(24-15)21(28)25-16-9-14-11(8-18(16)26)2-1-3-19(14)29-10-20(23)27/h1-7,16,18,24,26H,8-10H2,(H2,23,27)(H,25,28)/t16-,18-/m1/s1. The highest BCUT2D eigenvalue weighted by Crippen LogP contribution is 2.30. The number of rotatable bonds is 5. The number of benzene rings is 2. The summed E-state index contributed by atoms with van der Waals surface area (Å²) >= 11 is 6.00. The van der Waals surface area contributed by atoms with Crippen LogP contribution in [-0.4, -0.2) is 40.7 Å². The van der Waals surface area contributed by atoms with E-state index in [0.29, 0.717) is 29.3 Å². The number of aliphatic hydroxyl groups excluding tert-OH is 1. The van der Waals surface area contributed by atoms with Crippen LogP contribution >= 0.6 is 11.6 Å². The summed E-state index contributed by atoms with van der Waals surface area (Å²) in [6.45, 7) is -0.229. The van der Waals surface area contributed by atoms with Crippen molar-refractivity contribution in [3.05, 3.63) is 64.3 Å². The molecule has 150 valence electrons. The van der Waals surface area contributed by atoms with Crippen molar-refractivity contribution in [2.45, 2.75) is 25.0 Å². The van der Waals surface area contributed by atoms with Crippen LogP contribution in [-0.2, 0) is 17.6 Å². The van der Waals surface area contributed by atoms with Crippen molar-refractivity contribution in [2.75, 3.05) is 6.61 Å². The maximum absolute atomic E-state index is 12.7. The molecular weight excluding hydrogens is 394 g/mol. The van der Waals surface area contributed by atoms with Crippen molar-refractivity contribution < 1.29 is 19.4 Å². The molecule has 0 unspecified atom stereocenters. The van der Waals surface area contributed by atoms with Gasteiger partial charge in [0.25, 0.3) is 11.8 Å². The first-order valence-electron chi connectivity index (χ1n) is 9.20. The van der Waals surface area contributed by atoms with Gasteiger partial charge in [-0.2, -0.15) is 0 Å².